The number of aliphatic hydroxyl groups excluding tert-OH is 1. The number of aliphatic hydroxyl groups is 1. The molecule has 0 heterocycles. The molecular weight excluding hydrogens is 268 g/mol. The van der Waals surface area contributed by atoms with Crippen molar-refractivity contribution < 1.29 is 5.11 Å². The quantitative estimate of drug-likeness (QED) is 0.842. The number of benzene rings is 2. The Hall–Kier alpha value is -1.31. The maximum Gasteiger partial charge on any atom is 0.0830 e. The van der Waals surface area contributed by atoms with E-state index in [0.29, 0.717) is 11.4 Å². The summed E-state index contributed by atoms with van der Waals surface area (Å²) in [5.74, 6) is 0. The van der Waals surface area contributed by atoms with Gasteiger partial charge in [-0.2, -0.15) is 0 Å². The Labute approximate surface area is 126 Å². The van der Waals surface area contributed by atoms with Crippen LogP contribution in [-0.4, -0.2) is 5.11 Å². The second-order valence-corrected chi connectivity index (χ2v) is 5.52. The van der Waals surface area contributed by atoms with Crippen molar-refractivity contribution >= 4 is 11.6 Å². The van der Waals surface area contributed by atoms with E-state index in [1.807, 2.05) is 30.3 Å². The Kier molecular flexibility index (Phi) is 5.22. The fourth-order valence-corrected chi connectivity index (χ4v) is 2.75. The van der Waals surface area contributed by atoms with Gasteiger partial charge in [-0.1, -0.05) is 55.8 Å². The van der Waals surface area contributed by atoms with Crippen LogP contribution in [0.2, 0.25) is 5.02 Å². The standard InChI is InChI=1S/C18H21ClO/c1-3-14-8-9-16(12-15(14)4-2)18(20)11-13-6-5-7-17(19)10-13/h5-10,12,18,20H,3-4,11H2,1-2H3. The van der Waals surface area contributed by atoms with Crippen molar-refractivity contribution in [3.63, 3.8) is 0 Å². The molecule has 0 bridgehead atoms. The Bertz CT molecular complexity index is 577. The van der Waals surface area contributed by atoms with Crippen LogP contribution in [0.4, 0.5) is 0 Å². The third kappa shape index (κ3) is 3.62. The van der Waals surface area contributed by atoms with Gasteiger partial charge in [0.05, 0.1) is 6.10 Å². The van der Waals surface area contributed by atoms with Crippen LogP contribution in [0.15, 0.2) is 42.5 Å². The summed E-state index contributed by atoms with van der Waals surface area (Å²) >= 11 is 5.98. The van der Waals surface area contributed by atoms with Crippen molar-refractivity contribution in [2.45, 2.75) is 39.2 Å². The van der Waals surface area contributed by atoms with Gasteiger partial charge in [0.2, 0.25) is 0 Å². The molecule has 0 amide bonds. The number of hydrogen-bond donors (Lipinski definition) is 1. The molecule has 0 fully saturated rings. The van der Waals surface area contributed by atoms with Gasteiger partial charge in [0, 0.05) is 11.4 Å². The second-order valence-electron chi connectivity index (χ2n) is 5.09. The minimum atomic E-state index is -0.482. The Morgan fingerprint density at radius 3 is 2.40 bits per heavy atom. The summed E-state index contributed by atoms with van der Waals surface area (Å²) in [5, 5.41) is 11.1. The molecule has 0 spiro atoms. The molecule has 1 unspecified atom stereocenters. The van der Waals surface area contributed by atoms with Gasteiger partial charge < -0.3 is 5.11 Å². The summed E-state index contributed by atoms with van der Waals surface area (Å²) in [6, 6.07) is 14.0. The van der Waals surface area contributed by atoms with Gasteiger partial charge in [0.15, 0.2) is 0 Å². The molecule has 20 heavy (non-hydrogen) atoms. The zero-order valence-electron chi connectivity index (χ0n) is 12.1. The average molecular weight is 289 g/mol. The highest BCUT2D eigenvalue weighted by Crippen LogP contribution is 2.23. The second kappa shape index (κ2) is 6.92. The monoisotopic (exact) mass is 288 g/mol. The lowest BCUT2D eigenvalue weighted by Crippen LogP contribution is -2.03. The van der Waals surface area contributed by atoms with E-state index in [1.54, 1.807) is 0 Å². The zero-order chi connectivity index (χ0) is 14.5. The predicted octanol–water partition coefficient (Wildman–Crippen LogP) is 4.74. The van der Waals surface area contributed by atoms with Gasteiger partial charge in [-0.25, -0.2) is 0 Å². The summed E-state index contributed by atoms with van der Waals surface area (Å²) in [5.41, 5.74) is 4.74. The first-order valence-electron chi connectivity index (χ1n) is 7.18. The van der Waals surface area contributed by atoms with Crippen LogP contribution in [0.3, 0.4) is 0 Å². The van der Waals surface area contributed by atoms with Crippen LogP contribution in [-0.2, 0) is 19.3 Å². The molecule has 1 N–H and O–H groups in total. The first-order valence-corrected chi connectivity index (χ1v) is 7.56. The highest BCUT2D eigenvalue weighted by atomic mass is 35.5. The Morgan fingerprint density at radius 1 is 1.00 bits per heavy atom. The predicted molar refractivity (Wildman–Crippen MR) is 85.3 cm³/mol. The molecule has 0 aromatic heterocycles. The van der Waals surface area contributed by atoms with Crippen LogP contribution in [0.25, 0.3) is 0 Å². The molecule has 0 saturated carbocycles. The molecule has 0 aliphatic rings. The van der Waals surface area contributed by atoms with Gasteiger partial charge >= 0.3 is 0 Å². The van der Waals surface area contributed by atoms with E-state index >= 15 is 0 Å². The first-order chi connectivity index (χ1) is 9.63. The van der Waals surface area contributed by atoms with Crippen LogP contribution < -0.4 is 0 Å². The molecule has 106 valence electrons. The number of rotatable bonds is 5. The third-order valence-corrected chi connectivity index (χ3v) is 3.93. The Morgan fingerprint density at radius 2 is 1.75 bits per heavy atom. The number of hydrogen-bond acceptors (Lipinski definition) is 1. The molecule has 0 aliphatic carbocycles. The van der Waals surface area contributed by atoms with Crippen molar-refractivity contribution in [2.24, 2.45) is 0 Å². The fourth-order valence-electron chi connectivity index (χ4n) is 2.53. The van der Waals surface area contributed by atoms with Crippen molar-refractivity contribution in [2.75, 3.05) is 0 Å². The highest BCUT2D eigenvalue weighted by molar-refractivity contribution is 6.30. The maximum atomic E-state index is 10.4. The van der Waals surface area contributed by atoms with Crippen LogP contribution in [0.5, 0.6) is 0 Å². The maximum absolute atomic E-state index is 10.4. The van der Waals surface area contributed by atoms with E-state index in [4.69, 9.17) is 11.6 Å². The van der Waals surface area contributed by atoms with Crippen LogP contribution >= 0.6 is 11.6 Å². The first kappa shape index (κ1) is 15.1. The summed E-state index contributed by atoms with van der Waals surface area (Å²) in [4.78, 5) is 0. The molecule has 2 heteroatoms. The minimum absolute atomic E-state index is 0.482. The van der Waals surface area contributed by atoms with E-state index in [9.17, 15) is 5.11 Å². The summed E-state index contributed by atoms with van der Waals surface area (Å²) in [6.45, 7) is 4.32. The van der Waals surface area contributed by atoms with E-state index in [-0.39, 0.29) is 0 Å². The number of halogens is 1. The largest absolute Gasteiger partial charge is 0.388 e. The van der Waals surface area contributed by atoms with Crippen molar-refractivity contribution in [1.82, 2.24) is 0 Å². The molecule has 0 aliphatic heterocycles. The lowest BCUT2D eigenvalue weighted by atomic mass is 9.95. The lowest BCUT2D eigenvalue weighted by Gasteiger charge is -2.14. The molecule has 2 rings (SSSR count). The van der Waals surface area contributed by atoms with E-state index in [0.717, 1.165) is 24.0 Å². The van der Waals surface area contributed by atoms with E-state index in [1.165, 1.54) is 11.1 Å². The molecule has 0 radical (unpaired) electrons. The molecule has 1 atom stereocenters. The van der Waals surface area contributed by atoms with Crippen molar-refractivity contribution in [3.05, 3.63) is 69.7 Å². The molecule has 2 aromatic carbocycles. The SMILES string of the molecule is CCc1ccc(C(O)Cc2cccc(Cl)c2)cc1CC. The Balaban J connectivity index is 2.18. The molecule has 1 nitrogen and oxygen atoms in total. The minimum Gasteiger partial charge on any atom is -0.388 e. The van der Waals surface area contributed by atoms with Crippen LogP contribution in [0, 0.1) is 0 Å². The van der Waals surface area contributed by atoms with Gasteiger partial charge in [-0.05, 0) is 47.2 Å². The zero-order valence-corrected chi connectivity index (χ0v) is 12.8. The smallest absolute Gasteiger partial charge is 0.0830 e. The van der Waals surface area contributed by atoms with E-state index < -0.39 is 6.10 Å². The van der Waals surface area contributed by atoms with Gasteiger partial charge in [-0.15, -0.1) is 0 Å². The van der Waals surface area contributed by atoms with Crippen molar-refractivity contribution in [1.29, 1.82) is 0 Å². The summed E-state index contributed by atoms with van der Waals surface area (Å²) in [7, 11) is 0. The van der Waals surface area contributed by atoms with Crippen molar-refractivity contribution in [3.8, 4) is 0 Å². The summed E-state index contributed by atoms with van der Waals surface area (Å²) in [6.07, 6.45) is 2.15. The highest BCUT2D eigenvalue weighted by Gasteiger charge is 2.11. The van der Waals surface area contributed by atoms with Crippen LogP contribution in [0.1, 0.15) is 42.2 Å². The van der Waals surface area contributed by atoms with Gasteiger partial charge in [-0.3, -0.25) is 0 Å². The topological polar surface area (TPSA) is 20.2 Å². The lowest BCUT2D eigenvalue weighted by molar-refractivity contribution is 0.178. The normalized spacial score (nSPS) is 12.4. The number of aryl methyl sites for hydroxylation is 2. The molecular formula is C18H21ClO. The van der Waals surface area contributed by atoms with Gasteiger partial charge in [0.25, 0.3) is 0 Å². The summed E-state index contributed by atoms with van der Waals surface area (Å²) < 4.78 is 0. The van der Waals surface area contributed by atoms with Gasteiger partial charge in [0.1, 0.15) is 0 Å². The van der Waals surface area contributed by atoms with E-state index in [2.05, 4.69) is 26.0 Å². The average Bonchev–Trinajstić information content (AvgIpc) is 2.46. The fraction of sp³-hybridized carbons (Fsp3) is 0.333. The molecule has 0 saturated heterocycles. The third-order valence-electron chi connectivity index (χ3n) is 3.69. The molecule has 2 aromatic rings.